The van der Waals surface area contributed by atoms with E-state index in [-0.39, 0.29) is 5.91 Å². The first-order chi connectivity index (χ1) is 11.1. The fourth-order valence-electron chi connectivity index (χ4n) is 2.91. The van der Waals surface area contributed by atoms with E-state index in [4.69, 9.17) is 4.74 Å². The van der Waals surface area contributed by atoms with Crippen molar-refractivity contribution in [1.29, 1.82) is 0 Å². The Bertz CT molecular complexity index is 501. The summed E-state index contributed by atoms with van der Waals surface area (Å²) in [6.45, 7) is 6.47. The first kappa shape index (κ1) is 17.8. The number of nitrogens with zero attached hydrogens (tertiary/aromatic N) is 2. The van der Waals surface area contributed by atoms with E-state index < -0.39 is 0 Å². The van der Waals surface area contributed by atoms with Crippen LogP contribution in [0.4, 0.5) is 0 Å². The van der Waals surface area contributed by atoms with E-state index in [2.05, 4.69) is 30.3 Å². The quantitative estimate of drug-likeness (QED) is 0.825. The van der Waals surface area contributed by atoms with Gasteiger partial charge < -0.3 is 19.9 Å². The standard InChI is InChI=1S/C18H29N3O2/c1-15(14-16-6-4-5-7-17(16)23-3)20(2)11-8-18(22)21-12-9-19-10-13-21/h4-7,15,19H,8-14H2,1-3H3. The van der Waals surface area contributed by atoms with E-state index in [1.54, 1.807) is 7.11 Å². The van der Waals surface area contributed by atoms with Gasteiger partial charge in [0, 0.05) is 45.2 Å². The van der Waals surface area contributed by atoms with Crippen LogP contribution in [-0.2, 0) is 11.2 Å². The fourth-order valence-corrected chi connectivity index (χ4v) is 2.91. The smallest absolute Gasteiger partial charge is 0.223 e. The van der Waals surface area contributed by atoms with Crippen molar-refractivity contribution in [3.05, 3.63) is 29.8 Å². The van der Waals surface area contributed by atoms with E-state index in [0.29, 0.717) is 12.5 Å². The van der Waals surface area contributed by atoms with E-state index in [0.717, 1.165) is 44.9 Å². The molecule has 0 aromatic heterocycles. The highest BCUT2D eigenvalue weighted by atomic mass is 16.5. The molecule has 0 radical (unpaired) electrons. The van der Waals surface area contributed by atoms with Crippen LogP contribution in [0.2, 0.25) is 0 Å². The topological polar surface area (TPSA) is 44.8 Å². The van der Waals surface area contributed by atoms with Crippen LogP contribution in [0.5, 0.6) is 5.75 Å². The Hall–Kier alpha value is -1.59. The van der Waals surface area contributed by atoms with Crippen LogP contribution in [-0.4, -0.2) is 68.6 Å². The Morgan fingerprint density at radius 3 is 2.74 bits per heavy atom. The van der Waals surface area contributed by atoms with Gasteiger partial charge in [0.05, 0.1) is 7.11 Å². The Kier molecular flexibility index (Phi) is 6.86. The molecule has 1 amide bonds. The molecule has 0 aliphatic carbocycles. The van der Waals surface area contributed by atoms with Crippen LogP contribution < -0.4 is 10.1 Å². The summed E-state index contributed by atoms with van der Waals surface area (Å²) in [5.74, 6) is 1.20. The summed E-state index contributed by atoms with van der Waals surface area (Å²) in [5.41, 5.74) is 1.21. The van der Waals surface area contributed by atoms with Gasteiger partial charge in [-0.1, -0.05) is 18.2 Å². The number of piperazine rings is 1. The van der Waals surface area contributed by atoms with E-state index in [9.17, 15) is 4.79 Å². The molecule has 0 spiro atoms. The second-order valence-corrected chi connectivity index (χ2v) is 6.23. The minimum atomic E-state index is 0.267. The minimum Gasteiger partial charge on any atom is -0.496 e. The van der Waals surface area contributed by atoms with Gasteiger partial charge in [-0.2, -0.15) is 0 Å². The van der Waals surface area contributed by atoms with Crippen molar-refractivity contribution in [3.63, 3.8) is 0 Å². The Morgan fingerprint density at radius 2 is 2.04 bits per heavy atom. The molecule has 1 fully saturated rings. The lowest BCUT2D eigenvalue weighted by Crippen LogP contribution is -2.47. The Labute approximate surface area is 139 Å². The lowest BCUT2D eigenvalue weighted by atomic mass is 10.0. The molecular formula is C18H29N3O2. The summed E-state index contributed by atoms with van der Waals surface area (Å²) in [6.07, 6.45) is 1.51. The number of hydrogen-bond donors (Lipinski definition) is 1. The zero-order valence-corrected chi connectivity index (χ0v) is 14.5. The summed E-state index contributed by atoms with van der Waals surface area (Å²) in [6, 6.07) is 8.49. The van der Waals surface area contributed by atoms with Crippen LogP contribution in [0, 0.1) is 0 Å². The van der Waals surface area contributed by atoms with Crippen molar-refractivity contribution >= 4 is 5.91 Å². The van der Waals surface area contributed by atoms with Gasteiger partial charge in [0.25, 0.3) is 0 Å². The molecule has 23 heavy (non-hydrogen) atoms. The molecule has 1 aromatic carbocycles. The second-order valence-electron chi connectivity index (χ2n) is 6.23. The van der Waals surface area contributed by atoms with Gasteiger partial charge >= 0.3 is 0 Å². The number of carbonyl (C=O) groups is 1. The summed E-state index contributed by atoms with van der Waals surface area (Å²) in [5, 5.41) is 3.27. The predicted molar refractivity (Wildman–Crippen MR) is 92.9 cm³/mol. The average molecular weight is 319 g/mol. The normalized spacial score (nSPS) is 16.4. The summed E-state index contributed by atoms with van der Waals surface area (Å²) >= 11 is 0. The molecule has 5 nitrogen and oxygen atoms in total. The largest absolute Gasteiger partial charge is 0.496 e. The van der Waals surface area contributed by atoms with Gasteiger partial charge in [-0.3, -0.25) is 4.79 Å². The van der Waals surface area contributed by atoms with Gasteiger partial charge in [-0.05, 0) is 32.0 Å². The van der Waals surface area contributed by atoms with E-state index >= 15 is 0 Å². The van der Waals surface area contributed by atoms with E-state index in [1.165, 1.54) is 5.56 Å². The van der Waals surface area contributed by atoms with Crippen molar-refractivity contribution in [2.45, 2.75) is 25.8 Å². The zero-order valence-electron chi connectivity index (χ0n) is 14.5. The number of methoxy groups -OCH3 is 1. The maximum Gasteiger partial charge on any atom is 0.223 e. The molecule has 1 saturated heterocycles. The lowest BCUT2D eigenvalue weighted by molar-refractivity contribution is -0.132. The molecule has 1 aliphatic rings. The number of benzene rings is 1. The molecule has 1 aliphatic heterocycles. The van der Waals surface area contributed by atoms with Crippen molar-refractivity contribution in [3.8, 4) is 5.75 Å². The minimum absolute atomic E-state index is 0.267. The summed E-state index contributed by atoms with van der Waals surface area (Å²) < 4.78 is 5.42. The van der Waals surface area contributed by atoms with E-state index in [1.807, 2.05) is 23.1 Å². The second kappa shape index (κ2) is 8.89. The number of amides is 1. The Morgan fingerprint density at radius 1 is 1.35 bits per heavy atom. The molecule has 128 valence electrons. The SMILES string of the molecule is COc1ccccc1CC(C)N(C)CCC(=O)N1CCNCC1. The number of likely N-dealkylation sites (N-methyl/N-ethyl adjacent to an activating group) is 1. The molecule has 2 rings (SSSR count). The van der Waals surface area contributed by atoms with Gasteiger partial charge in [-0.25, -0.2) is 0 Å². The van der Waals surface area contributed by atoms with Crippen molar-refractivity contribution in [1.82, 2.24) is 15.1 Å². The van der Waals surface area contributed by atoms with Gasteiger partial charge in [0.2, 0.25) is 5.91 Å². The predicted octanol–water partition coefficient (Wildman–Crippen LogP) is 1.38. The number of hydrogen-bond acceptors (Lipinski definition) is 4. The molecule has 0 saturated carbocycles. The summed E-state index contributed by atoms with van der Waals surface area (Å²) in [7, 11) is 3.80. The monoisotopic (exact) mass is 319 g/mol. The fraction of sp³-hybridized carbons (Fsp3) is 0.611. The average Bonchev–Trinajstić information content (AvgIpc) is 2.60. The van der Waals surface area contributed by atoms with Gasteiger partial charge in [0.15, 0.2) is 0 Å². The van der Waals surface area contributed by atoms with Crippen LogP contribution in [0.15, 0.2) is 24.3 Å². The summed E-state index contributed by atoms with van der Waals surface area (Å²) in [4.78, 5) is 16.5. The molecule has 5 heteroatoms. The third-order valence-corrected chi connectivity index (χ3v) is 4.61. The molecule has 0 bridgehead atoms. The maximum absolute atomic E-state index is 12.2. The van der Waals surface area contributed by atoms with Crippen molar-refractivity contribution < 1.29 is 9.53 Å². The van der Waals surface area contributed by atoms with Gasteiger partial charge in [-0.15, -0.1) is 0 Å². The number of ether oxygens (including phenoxy) is 1. The van der Waals surface area contributed by atoms with Crippen LogP contribution in [0.3, 0.4) is 0 Å². The van der Waals surface area contributed by atoms with Crippen molar-refractivity contribution in [2.24, 2.45) is 0 Å². The molecule has 1 unspecified atom stereocenters. The first-order valence-corrected chi connectivity index (χ1v) is 8.42. The molecular weight excluding hydrogens is 290 g/mol. The van der Waals surface area contributed by atoms with Crippen LogP contribution in [0.1, 0.15) is 18.9 Å². The number of nitrogens with one attached hydrogen (secondary N) is 1. The number of rotatable bonds is 7. The first-order valence-electron chi connectivity index (χ1n) is 8.42. The highest BCUT2D eigenvalue weighted by molar-refractivity contribution is 5.76. The molecule has 1 heterocycles. The third-order valence-electron chi connectivity index (χ3n) is 4.61. The van der Waals surface area contributed by atoms with Gasteiger partial charge in [0.1, 0.15) is 5.75 Å². The number of carbonyl (C=O) groups excluding carboxylic acids is 1. The zero-order chi connectivity index (χ0) is 16.7. The van der Waals surface area contributed by atoms with Crippen LogP contribution >= 0.6 is 0 Å². The third kappa shape index (κ3) is 5.22. The van der Waals surface area contributed by atoms with Crippen LogP contribution in [0.25, 0.3) is 0 Å². The molecule has 1 N–H and O–H groups in total. The molecule has 1 aromatic rings. The number of para-hydroxylation sites is 1. The highest BCUT2D eigenvalue weighted by Gasteiger charge is 2.18. The maximum atomic E-state index is 12.2. The lowest BCUT2D eigenvalue weighted by Gasteiger charge is -2.29. The molecule has 1 atom stereocenters. The Balaban J connectivity index is 1.80. The highest BCUT2D eigenvalue weighted by Crippen LogP contribution is 2.20. The van der Waals surface area contributed by atoms with Crippen molar-refractivity contribution in [2.75, 3.05) is 46.9 Å².